The quantitative estimate of drug-likeness (QED) is 0.394. The number of phenols is 1. The van der Waals surface area contributed by atoms with Gasteiger partial charge in [-0.25, -0.2) is 18.2 Å². The molecule has 4 atom stereocenters. The number of pyridine rings is 1. The summed E-state index contributed by atoms with van der Waals surface area (Å²) < 4.78 is 38.7. The van der Waals surface area contributed by atoms with Crippen LogP contribution in [0.4, 0.5) is 4.79 Å². The molecule has 1 aromatic heterocycles. The summed E-state index contributed by atoms with van der Waals surface area (Å²) in [5, 5.41) is 13.4. The fraction of sp³-hybridized carbons (Fsp3) is 0.500. The molecule has 2 saturated carbocycles. The Labute approximate surface area is 238 Å². The van der Waals surface area contributed by atoms with Crippen LogP contribution in [-0.2, 0) is 24.3 Å². The predicted molar refractivity (Wildman–Crippen MR) is 148 cm³/mol. The number of fused-ring (bicyclic) bond motifs is 1. The Balaban J connectivity index is 1.38. The Bertz CT molecular complexity index is 1520. The van der Waals surface area contributed by atoms with Crippen LogP contribution in [-0.4, -0.2) is 76.4 Å². The number of amides is 3. The summed E-state index contributed by atoms with van der Waals surface area (Å²) in [6.07, 6.45) is 2.76. The molecular weight excluding hydrogens is 552 g/mol. The minimum atomic E-state index is -3.84. The van der Waals surface area contributed by atoms with Gasteiger partial charge < -0.3 is 19.9 Å². The highest BCUT2D eigenvalue weighted by Crippen LogP contribution is 2.45. The Morgan fingerprint density at radius 3 is 2.56 bits per heavy atom. The predicted octanol–water partition coefficient (Wildman–Crippen LogP) is 2.37. The highest BCUT2D eigenvalue weighted by atomic mass is 32.2. The Morgan fingerprint density at radius 2 is 1.93 bits per heavy atom. The number of hydrogen-bond acceptors (Lipinski definition) is 9. The van der Waals surface area contributed by atoms with Crippen LogP contribution in [0.1, 0.15) is 46.5 Å². The number of phenolic OH excluding ortho intramolecular Hbond substituents is 1. The van der Waals surface area contributed by atoms with Crippen molar-refractivity contribution in [2.45, 2.75) is 75.0 Å². The number of sulfonamides is 1. The summed E-state index contributed by atoms with van der Waals surface area (Å²) in [5.74, 6) is -1.66. The van der Waals surface area contributed by atoms with Crippen molar-refractivity contribution in [1.29, 1.82) is 0 Å². The number of nitrogens with one attached hydrogen (secondary N) is 2. The summed E-state index contributed by atoms with van der Waals surface area (Å²) in [5.41, 5.74) is -2.33. The monoisotopic (exact) mass is 586 g/mol. The van der Waals surface area contributed by atoms with E-state index in [1.807, 2.05) is 0 Å². The van der Waals surface area contributed by atoms with Crippen molar-refractivity contribution in [3.8, 4) is 11.6 Å². The van der Waals surface area contributed by atoms with E-state index in [4.69, 9.17) is 9.47 Å². The second-order valence-electron chi connectivity index (χ2n) is 11.8. The maximum absolute atomic E-state index is 13.7. The average Bonchev–Trinajstić information content (AvgIpc) is 3.80. The molecule has 3 amide bonds. The molecule has 2 aliphatic carbocycles. The van der Waals surface area contributed by atoms with Gasteiger partial charge in [0.25, 0.3) is 5.91 Å². The van der Waals surface area contributed by atoms with Crippen molar-refractivity contribution in [1.82, 2.24) is 19.9 Å². The van der Waals surface area contributed by atoms with Gasteiger partial charge in [0.1, 0.15) is 29.0 Å². The molecule has 2 heterocycles. The molecule has 2 aromatic rings. The van der Waals surface area contributed by atoms with Crippen molar-refractivity contribution in [3.63, 3.8) is 0 Å². The third kappa shape index (κ3) is 5.81. The van der Waals surface area contributed by atoms with E-state index in [9.17, 15) is 27.9 Å². The number of hydrogen-bond donors (Lipinski definition) is 3. The molecule has 1 saturated heterocycles. The molecule has 3 N–H and O–H groups in total. The van der Waals surface area contributed by atoms with E-state index in [1.165, 1.54) is 17.2 Å². The zero-order valence-electron chi connectivity index (χ0n) is 23.1. The first-order valence-corrected chi connectivity index (χ1v) is 15.0. The van der Waals surface area contributed by atoms with Gasteiger partial charge >= 0.3 is 6.09 Å². The van der Waals surface area contributed by atoms with Crippen molar-refractivity contribution < 1.29 is 37.4 Å². The van der Waals surface area contributed by atoms with Gasteiger partial charge in [0.05, 0.1) is 11.8 Å². The maximum atomic E-state index is 13.7. The number of benzene rings is 1. The smallest absolute Gasteiger partial charge is 0.411 e. The summed E-state index contributed by atoms with van der Waals surface area (Å²) in [4.78, 5) is 45.5. The van der Waals surface area contributed by atoms with Gasteiger partial charge in [-0.2, -0.15) is 0 Å². The minimum Gasteiger partial charge on any atom is -0.507 e. The average molecular weight is 587 g/mol. The molecule has 1 aliphatic heterocycles. The molecule has 1 unspecified atom stereocenters. The van der Waals surface area contributed by atoms with Gasteiger partial charge in [0.2, 0.25) is 21.8 Å². The molecule has 0 radical (unpaired) electrons. The Morgan fingerprint density at radius 1 is 1.20 bits per heavy atom. The molecule has 1 aromatic carbocycles. The largest absolute Gasteiger partial charge is 0.507 e. The molecule has 12 nitrogen and oxygen atoms in total. The summed E-state index contributed by atoms with van der Waals surface area (Å²) >= 11 is 0. The lowest BCUT2D eigenvalue weighted by Crippen LogP contribution is -2.56. The van der Waals surface area contributed by atoms with Gasteiger partial charge in [-0.15, -0.1) is 6.58 Å². The number of likely N-dealkylation sites (tertiary alicyclic amines) is 1. The van der Waals surface area contributed by atoms with Crippen LogP contribution in [0.3, 0.4) is 0 Å². The molecule has 3 aliphatic rings. The number of ether oxygens (including phenoxy) is 2. The van der Waals surface area contributed by atoms with Gasteiger partial charge in [-0.05, 0) is 58.2 Å². The molecule has 3 fully saturated rings. The van der Waals surface area contributed by atoms with E-state index in [1.54, 1.807) is 45.0 Å². The summed E-state index contributed by atoms with van der Waals surface area (Å²) in [6, 6.07) is 5.51. The molecular formula is C28H34N4O8S. The Kier molecular flexibility index (Phi) is 7.13. The lowest BCUT2D eigenvalue weighted by Gasteiger charge is -2.29. The fourth-order valence-corrected chi connectivity index (χ4v) is 6.45. The van der Waals surface area contributed by atoms with E-state index < -0.39 is 62.4 Å². The molecule has 5 rings (SSSR count). The zero-order valence-corrected chi connectivity index (χ0v) is 23.9. The second-order valence-corrected chi connectivity index (χ2v) is 13.8. The van der Waals surface area contributed by atoms with E-state index in [2.05, 4.69) is 21.6 Å². The van der Waals surface area contributed by atoms with E-state index in [-0.39, 0.29) is 31.0 Å². The van der Waals surface area contributed by atoms with Crippen LogP contribution in [0, 0.1) is 5.92 Å². The first kappa shape index (κ1) is 28.7. The number of carbonyl (C=O) groups is 3. The molecule has 0 bridgehead atoms. The topological polar surface area (TPSA) is 164 Å². The third-order valence-electron chi connectivity index (χ3n) is 7.47. The van der Waals surface area contributed by atoms with Gasteiger partial charge in [0, 0.05) is 29.3 Å². The SMILES string of the molecule is C=C[C@@H]1CC1(NC(=O)[C@@H]1C[C@@H](Oc2nccc3c(O)cccc23)CN1C(=O)OC(C)(C)C)C(=O)NS(=O)(=O)C1CC1. The lowest BCUT2D eigenvalue weighted by molar-refractivity contribution is -0.131. The Hall–Kier alpha value is -3.87. The van der Waals surface area contributed by atoms with Crippen LogP contribution in [0.15, 0.2) is 43.1 Å². The van der Waals surface area contributed by atoms with E-state index >= 15 is 0 Å². The minimum absolute atomic E-state index is 0.00989. The number of carbonyl (C=O) groups excluding carboxylic acids is 3. The molecule has 0 spiro atoms. The standard InChI is InChI=1S/C28H34N4O8S/c1-5-16-14-28(16,25(35)31-41(37,38)18-9-10-18)30-23(34)21-13-17(15-32(21)26(36)40-27(2,3)4)39-24-20-7-6-8-22(33)19(20)11-12-29-24/h5-8,11-12,16-18,21,33H,1,9-10,13-15H2,2-4H3,(H,30,34)(H,31,35)/t16-,17-,21+,28?/m1/s1. The van der Waals surface area contributed by atoms with Gasteiger partial charge in [0.15, 0.2) is 0 Å². The normalized spacial score (nSPS) is 25.8. The van der Waals surface area contributed by atoms with Gasteiger partial charge in [-0.3, -0.25) is 19.2 Å². The molecule has 13 heteroatoms. The summed E-state index contributed by atoms with van der Waals surface area (Å²) in [7, 11) is -3.84. The maximum Gasteiger partial charge on any atom is 0.411 e. The van der Waals surface area contributed by atoms with Crippen LogP contribution in [0.25, 0.3) is 10.8 Å². The summed E-state index contributed by atoms with van der Waals surface area (Å²) in [6.45, 7) is 8.81. The first-order chi connectivity index (χ1) is 19.2. The first-order valence-electron chi connectivity index (χ1n) is 13.5. The fourth-order valence-electron chi connectivity index (χ4n) is 5.09. The van der Waals surface area contributed by atoms with Crippen LogP contribution in [0.2, 0.25) is 0 Å². The lowest BCUT2D eigenvalue weighted by atomic mass is 10.1. The van der Waals surface area contributed by atoms with Crippen molar-refractivity contribution in [2.24, 2.45) is 5.92 Å². The number of aromatic nitrogens is 1. The van der Waals surface area contributed by atoms with Crippen molar-refractivity contribution in [3.05, 3.63) is 43.1 Å². The molecule has 41 heavy (non-hydrogen) atoms. The van der Waals surface area contributed by atoms with E-state index in [0.29, 0.717) is 23.6 Å². The van der Waals surface area contributed by atoms with Gasteiger partial charge in [-0.1, -0.05) is 12.1 Å². The highest BCUT2D eigenvalue weighted by Gasteiger charge is 2.62. The second kappa shape index (κ2) is 10.2. The molecule has 220 valence electrons. The van der Waals surface area contributed by atoms with E-state index in [0.717, 1.165) is 0 Å². The number of nitrogens with zero attached hydrogens (tertiary/aromatic N) is 2. The van der Waals surface area contributed by atoms with Crippen LogP contribution >= 0.6 is 0 Å². The van der Waals surface area contributed by atoms with Crippen LogP contribution in [0.5, 0.6) is 11.6 Å². The number of aromatic hydroxyl groups is 1. The highest BCUT2D eigenvalue weighted by molar-refractivity contribution is 7.91. The third-order valence-corrected chi connectivity index (χ3v) is 9.29. The number of rotatable bonds is 8. The van der Waals surface area contributed by atoms with Crippen molar-refractivity contribution >= 4 is 38.7 Å². The van der Waals surface area contributed by atoms with Crippen molar-refractivity contribution in [2.75, 3.05) is 6.54 Å². The van der Waals surface area contributed by atoms with Crippen LogP contribution < -0.4 is 14.8 Å². The zero-order chi connectivity index (χ0) is 29.7.